The fourth-order valence-electron chi connectivity index (χ4n) is 3.82. The Hall–Kier alpha value is -0.780. The predicted octanol–water partition coefficient (Wildman–Crippen LogP) is 10.6. The third-order valence-corrected chi connectivity index (χ3v) is 14.5. The molecule has 10 heteroatoms. The molecule has 1 aromatic carbocycles. The van der Waals surface area contributed by atoms with E-state index >= 15 is 0 Å². The second-order valence-corrected chi connectivity index (χ2v) is 16.1. The van der Waals surface area contributed by atoms with E-state index in [1.165, 1.54) is 79.8 Å². The van der Waals surface area contributed by atoms with Crippen molar-refractivity contribution >= 4 is 93.1 Å². The number of hydrogen-bond acceptors (Lipinski definition) is 9. The molecule has 0 fully saturated rings. The van der Waals surface area contributed by atoms with Crippen molar-refractivity contribution in [3.8, 4) is 5.75 Å². The van der Waals surface area contributed by atoms with Crippen molar-refractivity contribution in [2.24, 2.45) is 0 Å². The highest BCUT2D eigenvalue weighted by molar-refractivity contribution is 8.42. The SMILES string of the molecule is CCCCCCSC1=C(SCCCCCC)SC(=C2SC=C(C(=O)Nc3ccc(O)c4ncccc34)S2)S1. The van der Waals surface area contributed by atoms with Crippen molar-refractivity contribution in [3.05, 3.63) is 57.7 Å². The number of phenolic OH excluding ortho intramolecular Hbond substituents is 1. The third-order valence-electron chi connectivity index (χ3n) is 5.86. The van der Waals surface area contributed by atoms with Gasteiger partial charge in [-0.25, -0.2) is 0 Å². The first-order valence-electron chi connectivity index (χ1n) is 13.1. The Morgan fingerprint density at radius 3 is 2.24 bits per heavy atom. The summed E-state index contributed by atoms with van der Waals surface area (Å²) in [6.07, 6.45) is 12.0. The monoisotopic (exact) mass is 622 g/mol. The Morgan fingerprint density at radius 1 is 0.895 bits per heavy atom. The van der Waals surface area contributed by atoms with Gasteiger partial charge in [-0.3, -0.25) is 9.78 Å². The van der Waals surface area contributed by atoms with E-state index < -0.39 is 0 Å². The van der Waals surface area contributed by atoms with Crippen molar-refractivity contribution in [1.82, 2.24) is 4.98 Å². The molecule has 1 aromatic heterocycles. The molecule has 4 rings (SSSR count). The number of unbranched alkanes of at least 4 members (excludes halogenated alkanes) is 6. The van der Waals surface area contributed by atoms with E-state index in [9.17, 15) is 9.90 Å². The van der Waals surface area contributed by atoms with Crippen molar-refractivity contribution < 1.29 is 9.90 Å². The minimum atomic E-state index is -0.133. The summed E-state index contributed by atoms with van der Waals surface area (Å²) in [6.45, 7) is 4.52. The minimum Gasteiger partial charge on any atom is -0.506 e. The average molecular weight is 623 g/mol. The van der Waals surface area contributed by atoms with Crippen LogP contribution in [0.5, 0.6) is 5.75 Å². The molecule has 0 bridgehead atoms. The highest BCUT2D eigenvalue weighted by Gasteiger charge is 2.29. The van der Waals surface area contributed by atoms with Gasteiger partial charge in [0, 0.05) is 11.6 Å². The number of aromatic hydroxyl groups is 1. The van der Waals surface area contributed by atoms with Crippen LogP contribution in [-0.2, 0) is 4.79 Å². The first-order chi connectivity index (χ1) is 18.6. The van der Waals surface area contributed by atoms with Crippen molar-refractivity contribution in [2.45, 2.75) is 65.2 Å². The lowest BCUT2D eigenvalue weighted by atomic mass is 10.1. The van der Waals surface area contributed by atoms with Crippen LogP contribution < -0.4 is 5.32 Å². The van der Waals surface area contributed by atoms with E-state index in [-0.39, 0.29) is 11.7 Å². The highest BCUT2D eigenvalue weighted by atomic mass is 32.3. The first kappa shape index (κ1) is 30.2. The van der Waals surface area contributed by atoms with Gasteiger partial charge in [0.2, 0.25) is 0 Å². The zero-order valence-electron chi connectivity index (χ0n) is 21.8. The normalized spacial score (nSPS) is 15.6. The number of amides is 1. The Kier molecular flexibility index (Phi) is 12.6. The summed E-state index contributed by atoms with van der Waals surface area (Å²) in [5.41, 5.74) is 1.14. The van der Waals surface area contributed by atoms with Crippen LogP contribution in [0.2, 0.25) is 0 Å². The molecule has 4 nitrogen and oxygen atoms in total. The maximum atomic E-state index is 13.1. The van der Waals surface area contributed by atoms with Crippen molar-refractivity contribution in [3.63, 3.8) is 0 Å². The van der Waals surface area contributed by atoms with E-state index in [4.69, 9.17) is 0 Å². The summed E-state index contributed by atoms with van der Waals surface area (Å²) >= 11 is 11.0. The zero-order valence-corrected chi connectivity index (χ0v) is 26.7. The van der Waals surface area contributed by atoms with Crippen molar-refractivity contribution in [1.29, 1.82) is 0 Å². The largest absolute Gasteiger partial charge is 0.506 e. The van der Waals surface area contributed by atoms with Crippen LogP contribution in [0.4, 0.5) is 5.69 Å². The van der Waals surface area contributed by atoms with Crippen LogP contribution >= 0.6 is 70.6 Å². The Labute approximate surface area is 251 Å². The average Bonchev–Trinajstić information content (AvgIpc) is 3.58. The number of hydrogen-bond donors (Lipinski definition) is 2. The second-order valence-electron chi connectivity index (χ2n) is 8.86. The van der Waals surface area contributed by atoms with E-state index in [0.717, 1.165) is 5.39 Å². The molecule has 2 aliphatic heterocycles. The quantitative estimate of drug-likeness (QED) is 0.158. The number of nitrogens with one attached hydrogen (secondary N) is 1. The number of benzene rings is 1. The number of anilines is 1. The number of carbonyl (C=O) groups is 1. The van der Waals surface area contributed by atoms with Gasteiger partial charge in [0.15, 0.2) is 0 Å². The van der Waals surface area contributed by atoms with Crippen LogP contribution in [0.15, 0.2) is 57.7 Å². The van der Waals surface area contributed by atoms with Gasteiger partial charge in [0.25, 0.3) is 5.91 Å². The van der Waals surface area contributed by atoms with Gasteiger partial charge in [-0.15, -0.1) is 23.5 Å². The number of pyridine rings is 1. The van der Waals surface area contributed by atoms with E-state index in [2.05, 4.69) is 24.1 Å². The summed E-state index contributed by atoms with van der Waals surface area (Å²) in [4.78, 5) is 18.1. The molecule has 2 N–H and O–H groups in total. The smallest absolute Gasteiger partial charge is 0.263 e. The molecule has 2 aliphatic rings. The number of fused-ring (bicyclic) bond motifs is 1. The molecule has 0 saturated carbocycles. The Bertz CT molecular complexity index is 1200. The lowest BCUT2D eigenvalue weighted by molar-refractivity contribution is -0.112. The standard InChI is InChI=1S/C28H34N2O2S6/c1-3-5-7-9-16-33-25-26(34-17-10-8-6-4-2)38-28(37-25)27-35-18-22(36-27)24(32)30-20-13-14-21(31)23-19(20)12-11-15-29-23/h11-15,18,31H,3-10,16-17H2,1-2H3,(H,30,32). The lowest BCUT2D eigenvalue weighted by Crippen LogP contribution is -2.12. The number of phenols is 1. The molecule has 0 atom stereocenters. The van der Waals surface area contributed by atoms with Crippen LogP contribution in [0, 0.1) is 0 Å². The summed E-state index contributed by atoms with van der Waals surface area (Å²) in [7, 11) is 0. The molecule has 0 unspecified atom stereocenters. The molecule has 0 saturated heterocycles. The molecule has 38 heavy (non-hydrogen) atoms. The molecule has 2 aromatic rings. The third kappa shape index (κ3) is 8.36. The van der Waals surface area contributed by atoms with Crippen LogP contribution in [-0.4, -0.2) is 27.5 Å². The van der Waals surface area contributed by atoms with Crippen LogP contribution in [0.1, 0.15) is 65.2 Å². The fourth-order valence-corrected chi connectivity index (χ4v) is 12.3. The number of rotatable bonds is 14. The Morgan fingerprint density at radius 2 is 1.58 bits per heavy atom. The van der Waals surface area contributed by atoms with Crippen LogP contribution in [0.3, 0.4) is 0 Å². The van der Waals surface area contributed by atoms with Gasteiger partial charge in [0.1, 0.15) is 11.3 Å². The number of carbonyl (C=O) groups excluding carboxylic acids is 1. The van der Waals surface area contributed by atoms with E-state index in [1.807, 2.05) is 58.5 Å². The maximum Gasteiger partial charge on any atom is 0.263 e. The van der Waals surface area contributed by atoms with Gasteiger partial charge < -0.3 is 10.4 Å². The van der Waals surface area contributed by atoms with Gasteiger partial charge >= 0.3 is 0 Å². The molecule has 204 valence electrons. The molecular weight excluding hydrogens is 589 g/mol. The summed E-state index contributed by atoms with van der Waals surface area (Å²) in [5, 5.41) is 15.8. The molecule has 0 radical (unpaired) electrons. The highest BCUT2D eigenvalue weighted by Crippen LogP contribution is 2.62. The summed E-state index contributed by atoms with van der Waals surface area (Å²) < 4.78 is 5.37. The maximum absolute atomic E-state index is 13.1. The minimum absolute atomic E-state index is 0.108. The first-order valence-corrected chi connectivity index (χ1v) is 18.4. The van der Waals surface area contributed by atoms with E-state index in [1.54, 1.807) is 47.9 Å². The van der Waals surface area contributed by atoms with Gasteiger partial charge in [-0.05, 0) is 54.0 Å². The van der Waals surface area contributed by atoms with E-state index in [0.29, 0.717) is 16.1 Å². The Balaban J connectivity index is 1.38. The summed E-state index contributed by atoms with van der Waals surface area (Å²) in [5.74, 6) is 2.32. The van der Waals surface area contributed by atoms with Gasteiger partial charge in [-0.2, -0.15) is 0 Å². The lowest BCUT2D eigenvalue weighted by Gasteiger charge is -2.09. The predicted molar refractivity (Wildman–Crippen MR) is 178 cm³/mol. The van der Waals surface area contributed by atoms with Gasteiger partial charge in [0.05, 0.1) is 27.5 Å². The second kappa shape index (κ2) is 15.9. The topological polar surface area (TPSA) is 62.2 Å². The fraction of sp³-hybridized carbons (Fsp3) is 0.429. The zero-order chi connectivity index (χ0) is 26.7. The van der Waals surface area contributed by atoms with Crippen molar-refractivity contribution in [2.75, 3.05) is 16.8 Å². The molecule has 3 heterocycles. The number of aromatic nitrogens is 1. The summed E-state index contributed by atoms with van der Waals surface area (Å²) in [6, 6.07) is 6.96. The van der Waals surface area contributed by atoms with Crippen LogP contribution in [0.25, 0.3) is 10.9 Å². The molecule has 0 aliphatic carbocycles. The van der Waals surface area contributed by atoms with Gasteiger partial charge in [-0.1, -0.05) is 99.4 Å². The number of nitrogens with zero attached hydrogens (tertiary/aromatic N) is 1. The number of thioether (sulfide) groups is 6. The molecule has 1 amide bonds. The molecular formula is C28H34N2O2S6. The molecule has 0 spiro atoms.